The van der Waals surface area contributed by atoms with E-state index in [0.29, 0.717) is 11.5 Å². The van der Waals surface area contributed by atoms with Crippen LogP contribution in [0.1, 0.15) is 54.7 Å². The molecule has 0 bridgehead atoms. The van der Waals surface area contributed by atoms with Gasteiger partial charge < -0.3 is 4.74 Å². The molecule has 0 radical (unpaired) electrons. The Morgan fingerprint density at radius 1 is 1.07 bits per heavy atom. The zero-order valence-electron chi connectivity index (χ0n) is 17.3. The molecule has 2 aromatic carbocycles. The summed E-state index contributed by atoms with van der Waals surface area (Å²) >= 11 is 2.93. The van der Waals surface area contributed by atoms with Gasteiger partial charge in [0.1, 0.15) is 10.1 Å². The SMILES string of the molecule is CSC1=NC(=O)C(=Cc2ccc(OCCc3ccc(C4CCCCC4)cc3)cc2)S1. The highest BCUT2D eigenvalue weighted by Gasteiger charge is 2.20. The number of benzene rings is 2. The van der Waals surface area contributed by atoms with Crippen molar-refractivity contribution in [3.8, 4) is 5.75 Å². The van der Waals surface area contributed by atoms with Gasteiger partial charge in [-0.3, -0.25) is 4.79 Å². The molecular formula is C25H27NO2S2. The molecule has 0 saturated heterocycles. The molecule has 1 heterocycles. The summed E-state index contributed by atoms with van der Waals surface area (Å²) in [4.78, 5) is 16.6. The van der Waals surface area contributed by atoms with Crippen LogP contribution in [0.25, 0.3) is 6.08 Å². The molecule has 30 heavy (non-hydrogen) atoms. The minimum absolute atomic E-state index is 0.154. The number of carbonyl (C=O) groups excluding carboxylic acids is 1. The monoisotopic (exact) mass is 437 g/mol. The zero-order valence-corrected chi connectivity index (χ0v) is 18.9. The standard InChI is InChI=1S/C25H27NO2S2/c1-29-25-26-24(27)23(30-25)17-19-9-13-22(14-10-19)28-16-15-18-7-11-21(12-8-18)20-5-3-2-4-6-20/h7-14,17,20H,2-6,15-16H2,1H3. The summed E-state index contributed by atoms with van der Waals surface area (Å²) in [6.45, 7) is 0.655. The maximum Gasteiger partial charge on any atom is 0.285 e. The third kappa shape index (κ3) is 5.58. The lowest BCUT2D eigenvalue weighted by atomic mass is 9.84. The molecule has 1 saturated carbocycles. The van der Waals surface area contributed by atoms with Crippen LogP contribution in [0.5, 0.6) is 5.75 Å². The van der Waals surface area contributed by atoms with E-state index in [2.05, 4.69) is 29.3 Å². The molecule has 1 amide bonds. The van der Waals surface area contributed by atoms with Crippen LogP contribution in [0.15, 0.2) is 58.4 Å². The maximum atomic E-state index is 11.9. The highest BCUT2D eigenvalue weighted by molar-refractivity contribution is 8.40. The molecule has 0 aromatic heterocycles. The Labute approximate surface area is 187 Å². The minimum Gasteiger partial charge on any atom is -0.493 e. The zero-order chi connectivity index (χ0) is 20.8. The topological polar surface area (TPSA) is 38.7 Å². The molecule has 0 atom stereocenters. The van der Waals surface area contributed by atoms with E-state index in [9.17, 15) is 4.79 Å². The number of amides is 1. The lowest BCUT2D eigenvalue weighted by molar-refractivity contribution is -0.113. The van der Waals surface area contributed by atoms with Crippen LogP contribution in [0.4, 0.5) is 0 Å². The van der Waals surface area contributed by atoms with E-state index >= 15 is 0 Å². The van der Waals surface area contributed by atoms with Crippen LogP contribution >= 0.6 is 23.5 Å². The Kier molecular flexibility index (Phi) is 7.34. The van der Waals surface area contributed by atoms with Gasteiger partial charge in [0.2, 0.25) is 0 Å². The Bertz CT molecular complexity index is 927. The minimum atomic E-state index is -0.154. The second-order valence-corrected chi connectivity index (χ2v) is 9.83. The van der Waals surface area contributed by atoms with E-state index in [-0.39, 0.29) is 5.91 Å². The fourth-order valence-electron chi connectivity index (χ4n) is 3.97. The van der Waals surface area contributed by atoms with Crippen LogP contribution in [-0.4, -0.2) is 23.1 Å². The summed E-state index contributed by atoms with van der Waals surface area (Å²) < 4.78 is 6.72. The van der Waals surface area contributed by atoms with Crippen molar-refractivity contribution in [2.75, 3.05) is 12.9 Å². The van der Waals surface area contributed by atoms with Crippen LogP contribution < -0.4 is 4.74 Å². The molecule has 1 aliphatic heterocycles. The number of ether oxygens (including phenoxy) is 1. The quantitative estimate of drug-likeness (QED) is 0.472. The Morgan fingerprint density at radius 3 is 2.47 bits per heavy atom. The lowest BCUT2D eigenvalue weighted by Gasteiger charge is -2.22. The van der Waals surface area contributed by atoms with Crippen LogP contribution in [0, 0.1) is 0 Å². The Morgan fingerprint density at radius 2 is 1.80 bits per heavy atom. The number of carbonyl (C=O) groups is 1. The van der Waals surface area contributed by atoms with E-state index < -0.39 is 0 Å². The molecular weight excluding hydrogens is 410 g/mol. The van der Waals surface area contributed by atoms with Gasteiger partial charge in [-0.25, -0.2) is 0 Å². The van der Waals surface area contributed by atoms with Gasteiger partial charge in [-0.15, -0.1) is 11.8 Å². The molecule has 0 spiro atoms. The molecule has 1 fully saturated rings. The average molecular weight is 438 g/mol. The molecule has 2 aliphatic rings. The summed E-state index contributed by atoms with van der Waals surface area (Å²) in [5, 5.41) is 0. The fraction of sp³-hybridized carbons (Fsp3) is 0.360. The predicted molar refractivity (Wildman–Crippen MR) is 129 cm³/mol. The summed E-state index contributed by atoms with van der Waals surface area (Å²) in [5.74, 6) is 1.45. The highest BCUT2D eigenvalue weighted by atomic mass is 32.2. The van der Waals surface area contributed by atoms with E-state index in [1.165, 1.54) is 66.8 Å². The first kappa shape index (κ1) is 21.3. The average Bonchev–Trinajstić information content (AvgIpc) is 3.15. The van der Waals surface area contributed by atoms with E-state index in [1.807, 2.05) is 36.6 Å². The highest BCUT2D eigenvalue weighted by Crippen LogP contribution is 2.33. The van der Waals surface area contributed by atoms with Crippen molar-refractivity contribution in [2.45, 2.75) is 44.4 Å². The lowest BCUT2D eigenvalue weighted by Crippen LogP contribution is -2.05. The van der Waals surface area contributed by atoms with Crippen molar-refractivity contribution in [1.29, 1.82) is 0 Å². The van der Waals surface area contributed by atoms with Crippen molar-refractivity contribution in [1.82, 2.24) is 0 Å². The van der Waals surface area contributed by atoms with Gasteiger partial charge in [-0.2, -0.15) is 4.99 Å². The van der Waals surface area contributed by atoms with Gasteiger partial charge >= 0.3 is 0 Å². The maximum absolute atomic E-state index is 11.9. The number of nitrogens with zero attached hydrogens (tertiary/aromatic N) is 1. The second kappa shape index (κ2) is 10.4. The number of aliphatic imine (C=N–C) groups is 1. The summed E-state index contributed by atoms with van der Waals surface area (Å²) in [7, 11) is 0. The van der Waals surface area contributed by atoms with Crippen molar-refractivity contribution < 1.29 is 9.53 Å². The van der Waals surface area contributed by atoms with Crippen molar-refractivity contribution in [3.05, 3.63) is 70.1 Å². The smallest absolute Gasteiger partial charge is 0.285 e. The van der Waals surface area contributed by atoms with Gasteiger partial charge in [0.15, 0.2) is 0 Å². The summed E-state index contributed by atoms with van der Waals surface area (Å²) in [6.07, 6.45) is 11.5. The molecule has 156 valence electrons. The first-order valence-corrected chi connectivity index (χ1v) is 12.6. The van der Waals surface area contributed by atoms with Crippen molar-refractivity contribution in [3.63, 3.8) is 0 Å². The predicted octanol–water partition coefficient (Wildman–Crippen LogP) is 6.69. The van der Waals surface area contributed by atoms with Gasteiger partial charge in [-0.1, -0.05) is 67.4 Å². The van der Waals surface area contributed by atoms with E-state index in [0.717, 1.165) is 28.0 Å². The Balaban J connectivity index is 1.26. The molecule has 2 aromatic rings. The number of thioether (sulfide) groups is 2. The number of hydrogen-bond acceptors (Lipinski definition) is 4. The van der Waals surface area contributed by atoms with Crippen LogP contribution in [0.3, 0.4) is 0 Å². The first-order chi connectivity index (χ1) is 14.7. The summed E-state index contributed by atoms with van der Waals surface area (Å²) in [5.41, 5.74) is 3.80. The molecule has 5 heteroatoms. The van der Waals surface area contributed by atoms with Gasteiger partial charge in [0.05, 0.1) is 11.5 Å². The molecule has 0 unspecified atom stereocenters. The third-order valence-corrected chi connectivity index (χ3v) is 7.64. The molecule has 4 rings (SSSR count). The van der Waals surface area contributed by atoms with Gasteiger partial charge in [-0.05, 0) is 59.9 Å². The van der Waals surface area contributed by atoms with Crippen LogP contribution in [0.2, 0.25) is 0 Å². The summed E-state index contributed by atoms with van der Waals surface area (Å²) in [6, 6.07) is 17.0. The van der Waals surface area contributed by atoms with Crippen LogP contribution in [-0.2, 0) is 11.2 Å². The number of rotatable bonds is 6. The molecule has 3 nitrogen and oxygen atoms in total. The van der Waals surface area contributed by atoms with E-state index in [4.69, 9.17) is 4.74 Å². The Hall–Kier alpha value is -1.98. The number of hydrogen-bond donors (Lipinski definition) is 0. The van der Waals surface area contributed by atoms with Crippen molar-refractivity contribution in [2.24, 2.45) is 4.99 Å². The largest absolute Gasteiger partial charge is 0.493 e. The fourth-order valence-corrected chi connectivity index (χ4v) is 5.39. The normalized spacial score (nSPS) is 18.6. The first-order valence-electron chi connectivity index (χ1n) is 10.6. The molecule has 1 aliphatic carbocycles. The van der Waals surface area contributed by atoms with Crippen molar-refractivity contribution >= 4 is 39.9 Å². The second-order valence-electron chi connectivity index (χ2n) is 7.74. The van der Waals surface area contributed by atoms with E-state index in [1.54, 1.807) is 0 Å². The third-order valence-electron chi connectivity index (χ3n) is 5.67. The van der Waals surface area contributed by atoms with Gasteiger partial charge in [0.25, 0.3) is 5.91 Å². The molecule has 0 N–H and O–H groups in total. The van der Waals surface area contributed by atoms with Gasteiger partial charge in [0, 0.05) is 6.42 Å².